The van der Waals surface area contributed by atoms with Crippen molar-refractivity contribution in [3.05, 3.63) is 52.6 Å². The summed E-state index contributed by atoms with van der Waals surface area (Å²) >= 11 is 0. The summed E-state index contributed by atoms with van der Waals surface area (Å²) in [5.74, 6) is 1.15. The quantitative estimate of drug-likeness (QED) is 0.650. The molecule has 7 heteroatoms. The lowest BCUT2D eigenvalue weighted by molar-refractivity contribution is -0.153. The molecule has 1 heterocycles. The summed E-state index contributed by atoms with van der Waals surface area (Å²) in [6, 6.07) is 9.54. The van der Waals surface area contributed by atoms with Crippen LogP contribution in [0.2, 0.25) is 0 Å². The highest BCUT2D eigenvalue weighted by atomic mass is 16.6. The second-order valence-corrected chi connectivity index (χ2v) is 7.41. The molecule has 0 spiro atoms. The third-order valence-corrected chi connectivity index (χ3v) is 4.75. The van der Waals surface area contributed by atoms with Crippen LogP contribution in [0, 0.1) is 20.8 Å². The summed E-state index contributed by atoms with van der Waals surface area (Å²) < 4.78 is 21.7. The SMILES string of the molecule is Cc1cc(C)c(OCC(=O)OCC(=O)N(C)Cc2ccc3c(c2)OCCO3)c(C)c1. The Hall–Kier alpha value is -3.22. The Morgan fingerprint density at radius 2 is 1.63 bits per heavy atom. The molecule has 0 saturated carbocycles. The number of nitrogens with zero attached hydrogens (tertiary/aromatic N) is 1. The zero-order chi connectivity index (χ0) is 21.7. The fourth-order valence-corrected chi connectivity index (χ4v) is 3.37. The van der Waals surface area contributed by atoms with Gasteiger partial charge in [0.05, 0.1) is 0 Å². The molecule has 0 radical (unpaired) electrons. The predicted molar refractivity (Wildman–Crippen MR) is 111 cm³/mol. The van der Waals surface area contributed by atoms with E-state index in [0.717, 1.165) is 22.3 Å². The summed E-state index contributed by atoms with van der Waals surface area (Å²) in [5.41, 5.74) is 3.94. The number of aryl methyl sites for hydroxylation is 3. The molecule has 2 aromatic rings. The molecule has 0 aromatic heterocycles. The normalized spacial score (nSPS) is 12.3. The number of hydrogen-bond acceptors (Lipinski definition) is 6. The second kappa shape index (κ2) is 9.52. The smallest absolute Gasteiger partial charge is 0.344 e. The van der Waals surface area contributed by atoms with E-state index < -0.39 is 5.97 Å². The van der Waals surface area contributed by atoms with Crippen molar-refractivity contribution in [1.29, 1.82) is 0 Å². The minimum absolute atomic E-state index is 0.246. The molecule has 1 aliphatic rings. The first-order valence-electron chi connectivity index (χ1n) is 9.82. The number of ether oxygens (including phenoxy) is 4. The van der Waals surface area contributed by atoms with Gasteiger partial charge in [-0.25, -0.2) is 4.79 Å². The van der Waals surface area contributed by atoms with Gasteiger partial charge in [-0.1, -0.05) is 23.8 Å². The van der Waals surface area contributed by atoms with Gasteiger partial charge in [-0.15, -0.1) is 0 Å². The number of carbonyl (C=O) groups excluding carboxylic acids is 2. The number of rotatable bonds is 7. The van der Waals surface area contributed by atoms with Crippen LogP contribution < -0.4 is 14.2 Å². The second-order valence-electron chi connectivity index (χ2n) is 7.41. The molecular formula is C23H27NO6. The molecule has 0 aliphatic carbocycles. The van der Waals surface area contributed by atoms with E-state index >= 15 is 0 Å². The van der Waals surface area contributed by atoms with Crippen molar-refractivity contribution in [2.75, 3.05) is 33.5 Å². The van der Waals surface area contributed by atoms with Crippen molar-refractivity contribution in [3.63, 3.8) is 0 Å². The van der Waals surface area contributed by atoms with E-state index in [4.69, 9.17) is 18.9 Å². The largest absolute Gasteiger partial charge is 0.486 e. The topological polar surface area (TPSA) is 74.3 Å². The number of likely N-dealkylation sites (N-methyl/N-ethyl adjacent to an activating group) is 1. The van der Waals surface area contributed by atoms with Gasteiger partial charge in [0, 0.05) is 13.6 Å². The number of hydrogen-bond donors (Lipinski definition) is 0. The van der Waals surface area contributed by atoms with Gasteiger partial charge in [0.25, 0.3) is 5.91 Å². The number of benzene rings is 2. The molecule has 160 valence electrons. The van der Waals surface area contributed by atoms with Crippen LogP contribution in [0.25, 0.3) is 0 Å². The summed E-state index contributed by atoms with van der Waals surface area (Å²) in [6.07, 6.45) is 0. The Balaban J connectivity index is 1.46. The fraction of sp³-hybridized carbons (Fsp3) is 0.391. The van der Waals surface area contributed by atoms with Gasteiger partial charge in [0.2, 0.25) is 0 Å². The first-order chi connectivity index (χ1) is 14.3. The lowest BCUT2D eigenvalue weighted by Crippen LogP contribution is -2.31. The molecule has 30 heavy (non-hydrogen) atoms. The van der Waals surface area contributed by atoms with Gasteiger partial charge >= 0.3 is 5.97 Å². The first kappa shape index (κ1) is 21.5. The molecular weight excluding hydrogens is 386 g/mol. The number of fused-ring (bicyclic) bond motifs is 1. The van der Waals surface area contributed by atoms with Gasteiger partial charge in [0.15, 0.2) is 24.7 Å². The third-order valence-electron chi connectivity index (χ3n) is 4.75. The van der Waals surface area contributed by atoms with E-state index in [2.05, 4.69) is 0 Å². The van der Waals surface area contributed by atoms with Crippen LogP contribution in [0.15, 0.2) is 30.3 Å². The van der Waals surface area contributed by atoms with Crippen molar-refractivity contribution in [3.8, 4) is 17.2 Å². The fourth-order valence-electron chi connectivity index (χ4n) is 3.37. The molecule has 0 bridgehead atoms. The maximum Gasteiger partial charge on any atom is 0.344 e. The number of carbonyl (C=O) groups is 2. The molecule has 0 unspecified atom stereocenters. The minimum Gasteiger partial charge on any atom is -0.486 e. The summed E-state index contributed by atoms with van der Waals surface area (Å²) in [4.78, 5) is 25.8. The van der Waals surface area contributed by atoms with E-state index in [1.807, 2.05) is 51.1 Å². The zero-order valence-corrected chi connectivity index (χ0v) is 17.8. The molecule has 0 atom stereocenters. The van der Waals surface area contributed by atoms with Crippen molar-refractivity contribution >= 4 is 11.9 Å². The first-order valence-corrected chi connectivity index (χ1v) is 9.82. The van der Waals surface area contributed by atoms with Crippen molar-refractivity contribution in [2.24, 2.45) is 0 Å². The van der Waals surface area contributed by atoms with Gasteiger partial charge < -0.3 is 23.8 Å². The van der Waals surface area contributed by atoms with Gasteiger partial charge in [0.1, 0.15) is 19.0 Å². The van der Waals surface area contributed by atoms with Gasteiger partial charge in [-0.2, -0.15) is 0 Å². The molecule has 0 N–H and O–H groups in total. The molecule has 3 rings (SSSR count). The van der Waals surface area contributed by atoms with E-state index in [9.17, 15) is 9.59 Å². The van der Waals surface area contributed by atoms with Crippen molar-refractivity contribution in [1.82, 2.24) is 4.90 Å². The highest BCUT2D eigenvalue weighted by Crippen LogP contribution is 2.31. The third kappa shape index (κ3) is 5.43. The lowest BCUT2D eigenvalue weighted by Gasteiger charge is -2.21. The maximum atomic E-state index is 12.3. The Kier molecular flexibility index (Phi) is 6.82. The average molecular weight is 413 g/mol. The van der Waals surface area contributed by atoms with Gasteiger partial charge in [-0.3, -0.25) is 4.79 Å². The van der Waals surface area contributed by atoms with Crippen LogP contribution in [-0.2, 0) is 20.9 Å². The zero-order valence-electron chi connectivity index (χ0n) is 17.8. The highest BCUT2D eigenvalue weighted by Gasteiger charge is 2.16. The van der Waals surface area contributed by atoms with Crippen molar-refractivity contribution in [2.45, 2.75) is 27.3 Å². The Morgan fingerprint density at radius 1 is 0.967 bits per heavy atom. The molecule has 1 amide bonds. The summed E-state index contributed by atoms with van der Waals surface area (Å²) in [7, 11) is 1.66. The maximum absolute atomic E-state index is 12.3. The van der Waals surface area contributed by atoms with E-state index in [1.54, 1.807) is 7.05 Å². The Morgan fingerprint density at radius 3 is 2.33 bits per heavy atom. The van der Waals surface area contributed by atoms with Crippen molar-refractivity contribution < 1.29 is 28.5 Å². The average Bonchev–Trinajstić information content (AvgIpc) is 2.71. The van der Waals surface area contributed by atoms with E-state index in [-0.39, 0.29) is 19.1 Å². The monoisotopic (exact) mass is 413 g/mol. The van der Waals surface area contributed by atoms with Crippen LogP contribution in [0.4, 0.5) is 0 Å². The molecule has 0 saturated heterocycles. The number of amides is 1. The molecule has 0 fully saturated rings. The lowest BCUT2D eigenvalue weighted by atomic mass is 10.1. The van der Waals surface area contributed by atoms with Crippen LogP contribution in [0.1, 0.15) is 22.3 Å². The predicted octanol–water partition coefficient (Wildman–Crippen LogP) is 2.96. The minimum atomic E-state index is -0.588. The van der Waals surface area contributed by atoms with Gasteiger partial charge in [-0.05, 0) is 49.6 Å². The van der Waals surface area contributed by atoms with Crippen LogP contribution in [-0.4, -0.2) is 50.3 Å². The van der Waals surface area contributed by atoms with E-state index in [0.29, 0.717) is 37.0 Å². The van der Waals surface area contributed by atoms with Crippen LogP contribution in [0.5, 0.6) is 17.2 Å². The molecule has 7 nitrogen and oxygen atoms in total. The Labute approximate surface area is 176 Å². The standard InChI is InChI=1S/C23H27NO6/c1-15-9-16(2)23(17(3)10-15)30-14-22(26)29-13-21(25)24(4)12-18-5-6-19-20(11-18)28-8-7-27-19/h5-6,9-11H,7-8,12-14H2,1-4H3. The molecule has 2 aromatic carbocycles. The van der Waals surface area contributed by atoms with E-state index in [1.165, 1.54) is 4.90 Å². The molecule has 1 aliphatic heterocycles. The Bertz CT molecular complexity index is 916. The highest BCUT2D eigenvalue weighted by molar-refractivity contribution is 5.80. The summed E-state index contributed by atoms with van der Waals surface area (Å²) in [5, 5.41) is 0. The van der Waals surface area contributed by atoms with Crippen LogP contribution in [0.3, 0.4) is 0 Å². The number of esters is 1. The summed E-state index contributed by atoms with van der Waals surface area (Å²) in [6.45, 7) is 6.68. The van der Waals surface area contributed by atoms with Crippen LogP contribution >= 0.6 is 0 Å².